The fraction of sp³-hybridized carbons (Fsp3) is 0.438. The van der Waals surface area contributed by atoms with Gasteiger partial charge in [-0.3, -0.25) is 9.78 Å². The van der Waals surface area contributed by atoms with Crippen LogP contribution in [0.15, 0.2) is 30.0 Å². The van der Waals surface area contributed by atoms with E-state index in [4.69, 9.17) is 4.74 Å². The number of Topliss-reactive ketones (excluding diaryl/α,β-unsaturated/α-hetero) is 1. The number of amides is 1. The van der Waals surface area contributed by atoms with Crippen molar-refractivity contribution in [1.82, 2.24) is 9.88 Å². The lowest BCUT2D eigenvalue weighted by atomic mass is 9.80. The van der Waals surface area contributed by atoms with Gasteiger partial charge in [-0.15, -0.1) is 0 Å². The quantitative estimate of drug-likeness (QED) is 0.785. The van der Waals surface area contributed by atoms with Crippen molar-refractivity contribution in [2.75, 3.05) is 19.7 Å². The normalized spacial score (nSPS) is 19.7. The molecule has 1 amide bonds. The predicted molar refractivity (Wildman–Crippen MR) is 79.6 cm³/mol. The molecule has 1 aromatic heterocycles. The molecule has 2 rings (SSSR count). The Morgan fingerprint density at radius 2 is 2.24 bits per heavy atom. The maximum atomic E-state index is 12.5. The van der Waals surface area contributed by atoms with Crippen LogP contribution in [0.3, 0.4) is 0 Å². The Morgan fingerprint density at radius 1 is 1.48 bits per heavy atom. The number of pyridine rings is 1. The standard InChI is InChI=1S/C16H20N2O3/c1-4-21-15(20)18-10-12(14(19)16(2,3)11-18)9-13-7-5-6-8-17-13/h5-9H,4,10-11H2,1-3H3/b12-9-. The van der Waals surface area contributed by atoms with Crippen LogP contribution in [0, 0.1) is 5.41 Å². The summed E-state index contributed by atoms with van der Waals surface area (Å²) in [6, 6.07) is 5.51. The van der Waals surface area contributed by atoms with Gasteiger partial charge in [-0.25, -0.2) is 4.79 Å². The van der Waals surface area contributed by atoms with Gasteiger partial charge in [0.05, 0.1) is 18.8 Å². The molecule has 0 spiro atoms. The van der Waals surface area contributed by atoms with Crippen molar-refractivity contribution in [3.8, 4) is 0 Å². The summed E-state index contributed by atoms with van der Waals surface area (Å²) in [6.45, 7) is 6.40. The highest BCUT2D eigenvalue weighted by Crippen LogP contribution is 2.29. The number of piperidine rings is 1. The van der Waals surface area contributed by atoms with Crippen LogP contribution < -0.4 is 0 Å². The minimum absolute atomic E-state index is 0.0497. The highest BCUT2D eigenvalue weighted by atomic mass is 16.6. The molecule has 1 saturated heterocycles. The highest BCUT2D eigenvalue weighted by molar-refractivity contribution is 6.04. The van der Waals surface area contributed by atoms with Crippen LogP contribution in [0.1, 0.15) is 26.5 Å². The molecule has 1 aromatic rings. The van der Waals surface area contributed by atoms with Gasteiger partial charge in [-0.05, 0) is 25.1 Å². The smallest absolute Gasteiger partial charge is 0.410 e. The van der Waals surface area contributed by atoms with Crippen LogP contribution in [0.2, 0.25) is 0 Å². The molecule has 0 aliphatic carbocycles. The summed E-state index contributed by atoms with van der Waals surface area (Å²) in [6.07, 6.45) is 3.04. The fourth-order valence-corrected chi connectivity index (χ4v) is 2.41. The summed E-state index contributed by atoms with van der Waals surface area (Å²) < 4.78 is 5.04. The van der Waals surface area contributed by atoms with Gasteiger partial charge in [0.25, 0.3) is 0 Å². The maximum absolute atomic E-state index is 12.5. The molecule has 0 aromatic carbocycles. The first-order valence-electron chi connectivity index (χ1n) is 7.02. The van der Waals surface area contributed by atoms with Crippen molar-refractivity contribution in [2.24, 2.45) is 5.41 Å². The Balaban J connectivity index is 2.29. The van der Waals surface area contributed by atoms with Gasteiger partial charge >= 0.3 is 6.09 Å². The summed E-state index contributed by atoms with van der Waals surface area (Å²) in [5.74, 6) is 0.0497. The van der Waals surface area contributed by atoms with E-state index in [9.17, 15) is 9.59 Å². The third kappa shape index (κ3) is 3.48. The lowest BCUT2D eigenvalue weighted by Crippen LogP contribution is -2.50. The molecule has 0 N–H and O–H groups in total. The van der Waals surface area contributed by atoms with Crippen molar-refractivity contribution in [1.29, 1.82) is 0 Å². The van der Waals surface area contributed by atoms with Gasteiger partial charge in [0.1, 0.15) is 0 Å². The summed E-state index contributed by atoms with van der Waals surface area (Å²) >= 11 is 0. The Kier molecular flexibility index (Phi) is 4.40. The molecular weight excluding hydrogens is 268 g/mol. The van der Waals surface area contributed by atoms with Crippen molar-refractivity contribution >= 4 is 18.0 Å². The van der Waals surface area contributed by atoms with E-state index in [1.165, 1.54) is 0 Å². The van der Waals surface area contributed by atoms with Gasteiger partial charge in [0.2, 0.25) is 0 Å². The van der Waals surface area contributed by atoms with E-state index in [2.05, 4.69) is 4.98 Å². The first kappa shape index (κ1) is 15.2. The zero-order valence-corrected chi connectivity index (χ0v) is 12.6. The summed E-state index contributed by atoms with van der Waals surface area (Å²) in [4.78, 5) is 30.2. The molecule has 1 fully saturated rings. The van der Waals surface area contributed by atoms with Gasteiger partial charge in [0.15, 0.2) is 5.78 Å². The van der Waals surface area contributed by atoms with Crippen molar-refractivity contribution in [3.05, 3.63) is 35.7 Å². The van der Waals surface area contributed by atoms with Crippen LogP contribution in [0.5, 0.6) is 0 Å². The maximum Gasteiger partial charge on any atom is 0.410 e. The van der Waals surface area contributed by atoms with Gasteiger partial charge in [-0.1, -0.05) is 19.9 Å². The largest absolute Gasteiger partial charge is 0.450 e. The number of likely N-dealkylation sites (tertiary alicyclic amines) is 1. The van der Waals surface area contributed by atoms with Crippen molar-refractivity contribution < 1.29 is 14.3 Å². The van der Waals surface area contributed by atoms with E-state index in [1.807, 2.05) is 32.0 Å². The number of carbonyl (C=O) groups is 2. The highest BCUT2D eigenvalue weighted by Gasteiger charge is 2.39. The Labute approximate surface area is 124 Å². The molecule has 0 radical (unpaired) electrons. The number of carbonyl (C=O) groups excluding carboxylic acids is 2. The monoisotopic (exact) mass is 288 g/mol. The summed E-state index contributed by atoms with van der Waals surface area (Å²) in [5, 5.41) is 0. The minimum atomic E-state index is -0.619. The number of hydrogen-bond acceptors (Lipinski definition) is 4. The second-order valence-electron chi connectivity index (χ2n) is 5.69. The average molecular weight is 288 g/mol. The minimum Gasteiger partial charge on any atom is -0.450 e. The van der Waals surface area contributed by atoms with Crippen LogP contribution >= 0.6 is 0 Å². The molecule has 1 aliphatic rings. The molecule has 1 aliphatic heterocycles. The first-order chi connectivity index (χ1) is 9.94. The van der Waals surface area contributed by atoms with E-state index in [1.54, 1.807) is 24.1 Å². The molecule has 5 nitrogen and oxygen atoms in total. The SMILES string of the molecule is CCOC(=O)N1C/C(=C/c2ccccn2)C(=O)C(C)(C)C1. The topological polar surface area (TPSA) is 59.5 Å². The summed E-state index contributed by atoms with van der Waals surface area (Å²) in [5.41, 5.74) is 0.673. The zero-order chi connectivity index (χ0) is 15.5. The van der Waals surface area contributed by atoms with E-state index in [0.717, 1.165) is 0 Å². The van der Waals surface area contributed by atoms with E-state index < -0.39 is 5.41 Å². The van der Waals surface area contributed by atoms with Crippen LogP contribution in [-0.2, 0) is 9.53 Å². The Hall–Kier alpha value is -2.17. The molecule has 0 unspecified atom stereocenters. The third-order valence-corrected chi connectivity index (χ3v) is 3.39. The number of aromatic nitrogens is 1. The van der Waals surface area contributed by atoms with Gasteiger partial charge < -0.3 is 9.64 Å². The Bertz CT molecular complexity index is 564. The van der Waals surface area contributed by atoms with Crippen molar-refractivity contribution in [3.63, 3.8) is 0 Å². The fourth-order valence-electron chi connectivity index (χ4n) is 2.41. The third-order valence-electron chi connectivity index (χ3n) is 3.39. The molecular formula is C16H20N2O3. The van der Waals surface area contributed by atoms with Crippen LogP contribution in [-0.4, -0.2) is 41.5 Å². The molecule has 2 heterocycles. The molecule has 112 valence electrons. The van der Waals surface area contributed by atoms with Crippen molar-refractivity contribution in [2.45, 2.75) is 20.8 Å². The molecule has 21 heavy (non-hydrogen) atoms. The lowest BCUT2D eigenvalue weighted by molar-refractivity contribution is -0.126. The summed E-state index contributed by atoms with van der Waals surface area (Å²) in [7, 11) is 0. The first-order valence-corrected chi connectivity index (χ1v) is 7.02. The van der Waals surface area contributed by atoms with Gasteiger partial charge in [-0.2, -0.15) is 0 Å². The number of nitrogens with zero attached hydrogens (tertiary/aromatic N) is 2. The van der Waals surface area contributed by atoms with Gasteiger partial charge in [0, 0.05) is 23.7 Å². The predicted octanol–water partition coefficient (Wildman–Crippen LogP) is 2.53. The zero-order valence-electron chi connectivity index (χ0n) is 12.6. The molecule has 5 heteroatoms. The molecule has 0 atom stereocenters. The van der Waals surface area contributed by atoms with Crippen LogP contribution in [0.25, 0.3) is 6.08 Å². The molecule has 0 bridgehead atoms. The van der Waals surface area contributed by atoms with Crippen LogP contribution in [0.4, 0.5) is 4.79 Å². The average Bonchev–Trinajstić information content (AvgIpc) is 2.45. The Morgan fingerprint density at radius 3 is 2.86 bits per heavy atom. The van der Waals surface area contributed by atoms with E-state index >= 15 is 0 Å². The second kappa shape index (κ2) is 6.08. The second-order valence-corrected chi connectivity index (χ2v) is 5.69. The van der Waals surface area contributed by atoms with E-state index in [0.29, 0.717) is 24.4 Å². The van der Waals surface area contributed by atoms with E-state index in [-0.39, 0.29) is 18.4 Å². The number of rotatable bonds is 2. The lowest BCUT2D eigenvalue weighted by Gasteiger charge is -2.37. The number of ether oxygens (including phenoxy) is 1. The molecule has 0 saturated carbocycles. The number of ketones is 1. The number of hydrogen-bond donors (Lipinski definition) is 0.